The highest BCUT2D eigenvalue weighted by molar-refractivity contribution is 5.58. The fraction of sp³-hybridized carbons (Fsp3) is 0.385. The van der Waals surface area contributed by atoms with E-state index in [1.54, 1.807) is 6.33 Å². The van der Waals surface area contributed by atoms with Gasteiger partial charge < -0.3 is 20.3 Å². The van der Waals surface area contributed by atoms with Crippen molar-refractivity contribution >= 4 is 17.3 Å². The van der Waals surface area contributed by atoms with Gasteiger partial charge in [-0.05, 0) is 18.9 Å². The number of aromatic amines is 1. The molecule has 100 valence electrons. The van der Waals surface area contributed by atoms with E-state index in [-0.39, 0.29) is 12.6 Å². The van der Waals surface area contributed by atoms with E-state index < -0.39 is 0 Å². The zero-order valence-corrected chi connectivity index (χ0v) is 10.6. The van der Waals surface area contributed by atoms with Crippen molar-refractivity contribution in [2.45, 2.75) is 18.9 Å². The molecule has 2 aromatic heterocycles. The zero-order valence-electron chi connectivity index (χ0n) is 10.6. The summed E-state index contributed by atoms with van der Waals surface area (Å²) in [4.78, 5) is 13.6. The van der Waals surface area contributed by atoms with Crippen molar-refractivity contribution in [2.24, 2.45) is 0 Å². The third-order valence-corrected chi connectivity index (χ3v) is 3.41. The van der Waals surface area contributed by atoms with Gasteiger partial charge in [0.1, 0.15) is 18.0 Å². The van der Waals surface area contributed by atoms with Gasteiger partial charge in [0, 0.05) is 25.0 Å². The Morgan fingerprint density at radius 3 is 3.21 bits per heavy atom. The van der Waals surface area contributed by atoms with Crippen LogP contribution < -0.4 is 10.2 Å². The Labute approximate surface area is 111 Å². The minimum atomic E-state index is 0.171. The fourth-order valence-corrected chi connectivity index (χ4v) is 2.45. The van der Waals surface area contributed by atoms with Gasteiger partial charge in [0.05, 0.1) is 18.3 Å². The Balaban J connectivity index is 1.79. The molecule has 0 radical (unpaired) electrons. The molecule has 3 rings (SSSR count). The lowest BCUT2D eigenvalue weighted by Crippen LogP contribution is -2.32. The number of anilines is 3. The van der Waals surface area contributed by atoms with Gasteiger partial charge in [0.25, 0.3) is 0 Å². The summed E-state index contributed by atoms with van der Waals surface area (Å²) in [6.07, 6.45) is 7.38. The van der Waals surface area contributed by atoms with Gasteiger partial charge in [-0.2, -0.15) is 0 Å². The topological polar surface area (TPSA) is 77.1 Å². The minimum absolute atomic E-state index is 0.171. The van der Waals surface area contributed by atoms with Crippen molar-refractivity contribution in [1.82, 2.24) is 15.0 Å². The zero-order chi connectivity index (χ0) is 13.1. The summed E-state index contributed by atoms with van der Waals surface area (Å²) in [5.74, 6) is 1.62. The van der Waals surface area contributed by atoms with Gasteiger partial charge in [-0.3, -0.25) is 0 Å². The quantitative estimate of drug-likeness (QED) is 0.776. The van der Waals surface area contributed by atoms with Gasteiger partial charge in [0.15, 0.2) is 0 Å². The largest absolute Gasteiger partial charge is 0.394 e. The molecule has 0 amide bonds. The van der Waals surface area contributed by atoms with Crippen molar-refractivity contribution in [3.05, 3.63) is 30.9 Å². The second-order valence-corrected chi connectivity index (χ2v) is 4.66. The Morgan fingerprint density at radius 1 is 1.47 bits per heavy atom. The van der Waals surface area contributed by atoms with Crippen LogP contribution in [0.15, 0.2) is 30.9 Å². The lowest BCUT2D eigenvalue weighted by atomic mass is 10.2. The molecule has 0 aromatic carbocycles. The van der Waals surface area contributed by atoms with Crippen LogP contribution in [0.3, 0.4) is 0 Å². The molecule has 6 nitrogen and oxygen atoms in total. The van der Waals surface area contributed by atoms with E-state index in [0.29, 0.717) is 0 Å². The molecule has 1 aliphatic rings. The van der Waals surface area contributed by atoms with Crippen LogP contribution in [0.1, 0.15) is 12.8 Å². The molecule has 3 N–H and O–H groups in total. The second kappa shape index (κ2) is 5.27. The summed E-state index contributed by atoms with van der Waals surface area (Å²) in [6, 6.07) is 4.03. The van der Waals surface area contributed by atoms with E-state index in [1.807, 2.05) is 24.5 Å². The first-order valence-electron chi connectivity index (χ1n) is 6.46. The number of nitrogens with zero attached hydrogens (tertiary/aromatic N) is 3. The Hall–Kier alpha value is -2.08. The predicted octanol–water partition coefficient (Wildman–Crippen LogP) is 1.51. The third-order valence-electron chi connectivity index (χ3n) is 3.41. The number of nitrogens with one attached hydrogen (secondary N) is 2. The van der Waals surface area contributed by atoms with Crippen LogP contribution in [-0.4, -0.2) is 39.3 Å². The molecule has 1 unspecified atom stereocenters. The first-order valence-corrected chi connectivity index (χ1v) is 6.46. The number of H-pyrrole nitrogens is 1. The van der Waals surface area contributed by atoms with Crippen molar-refractivity contribution in [3.8, 4) is 0 Å². The maximum absolute atomic E-state index is 9.37. The Bertz CT molecular complexity index is 528. The molecule has 3 heterocycles. The molecule has 19 heavy (non-hydrogen) atoms. The van der Waals surface area contributed by atoms with Crippen LogP contribution in [-0.2, 0) is 0 Å². The molecule has 0 saturated carbocycles. The van der Waals surface area contributed by atoms with Crippen LogP contribution in [0.5, 0.6) is 0 Å². The van der Waals surface area contributed by atoms with Crippen molar-refractivity contribution in [2.75, 3.05) is 23.4 Å². The highest BCUT2D eigenvalue weighted by Gasteiger charge is 2.25. The summed E-state index contributed by atoms with van der Waals surface area (Å²) in [5.41, 5.74) is 0.963. The maximum Gasteiger partial charge on any atom is 0.135 e. The van der Waals surface area contributed by atoms with Gasteiger partial charge in [-0.25, -0.2) is 9.97 Å². The van der Waals surface area contributed by atoms with Gasteiger partial charge in [-0.1, -0.05) is 0 Å². The van der Waals surface area contributed by atoms with Crippen LogP contribution >= 0.6 is 0 Å². The number of aliphatic hydroxyl groups excluding tert-OH is 1. The van der Waals surface area contributed by atoms with E-state index in [9.17, 15) is 5.11 Å². The van der Waals surface area contributed by atoms with Crippen LogP contribution in [0.4, 0.5) is 17.3 Å². The smallest absolute Gasteiger partial charge is 0.135 e. The average Bonchev–Trinajstić information content (AvgIpc) is 3.09. The van der Waals surface area contributed by atoms with Crippen LogP contribution in [0, 0.1) is 0 Å². The second-order valence-electron chi connectivity index (χ2n) is 4.66. The molecular formula is C13H17N5O. The summed E-state index contributed by atoms with van der Waals surface area (Å²) in [7, 11) is 0. The molecular weight excluding hydrogens is 242 g/mol. The highest BCUT2D eigenvalue weighted by Crippen LogP contribution is 2.25. The first kappa shape index (κ1) is 12.0. The Morgan fingerprint density at radius 2 is 2.42 bits per heavy atom. The molecule has 0 bridgehead atoms. The fourth-order valence-electron chi connectivity index (χ4n) is 2.45. The summed E-state index contributed by atoms with van der Waals surface area (Å²) in [5, 5.41) is 12.6. The summed E-state index contributed by atoms with van der Waals surface area (Å²) in [6.45, 7) is 1.11. The van der Waals surface area contributed by atoms with E-state index in [1.165, 1.54) is 0 Å². The summed E-state index contributed by atoms with van der Waals surface area (Å²) >= 11 is 0. The van der Waals surface area contributed by atoms with E-state index >= 15 is 0 Å². The average molecular weight is 259 g/mol. The number of hydrogen-bond donors (Lipinski definition) is 3. The maximum atomic E-state index is 9.37. The summed E-state index contributed by atoms with van der Waals surface area (Å²) < 4.78 is 0. The predicted molar refractivity (Wildman–Crippen MR) is 73.6 cm³/mol. The molecule has 0 spiro atoms. The first-order chi connectivity index (χ1) is 9.36. The normalized spacial score (nSPS) is 18.8. The van der Waals surface area contributed by atoms with Crippen molar-refractivity contribution < 1.29 is 5.11 Å². The van der Waals surface area contributed by atoms with Gasteiger partial charge in [0.2, 0.25) is 0 Å². The molecule has 2 aromatic rings. The van der Waals surface area contributed by atoms with E-state index in [4.69, 9.17) is 0 Å². The molecule has 1 aliphatic heterocycles. The van der Waals surface area contributed by atoms with Gasteiger partial charge in [-0.15, -0.1) is 0 Å². The standard InChI is InChI=1S/C13H17N5O/c19-8-11-2-1-5-18(11)13-6-12(15-9-16-13)17-10-3-4-14-7-10/h3-4,6-7,9,11,14,19H,1-2,5,8H2,(H,15,16,17). The molecule has 6 heteroatoms. The lowest BCUT2D eigenvalue weighted by Gasteiger charge is -2.24. The number of aromatic nitrogens is 3. The molecule has 1 saturated heterocycles. The van der Waals surface area contributed by atoms with Crippen LogP contribution in [0.25, 0.3) is 0 Å². The minimum Gasteiger partial charge on any atom is -0.394 e. The van der Waals surface area contributed by atoms with Crippen LogP contribution in [0.2, 0.25) is 0 Å². The molecule has 0 aliphatic carbocycles. The molecule has 1 atom stereocenters. The molecule has 1 fully saturated rings. The Kier molecular flexibility index (Phi) is 3.33. The lowest BCUT2D eigenvalue weighted by molar-refractivity contribution is 0.266. The van der Waals surface area contributed by atoms with E-state index in [2.05, 4.69) is 25.2 Å². The number of rotatable bonds is 4. The number of aliphatic hydroxyl groups is 1. The van der Waals surface area contributed by atoms with Crippen molar-refractivity contribution in [1.29, 1.82) is 0 Å². The SMILES string of the molecule is OCC1CCCN1c1cc(Nc2cc[nH]c2)ncn1. The third kappa shape index (κ3) is 2.53. The van der Waals surface area contributed by atoms with Gasteiger partial charge >= 0.3 is 0 Å². The van der Waals surface area contributed by atoms with E-state index in [0.717, 1.165) is 36.7 Å². The van der Waals surface area contributed by atoms with Crippen molar-refractivity contribution in [3.63, 3.8) is 0 Å². The number of hydrogen-bond acceptors (Lipinski definition) is 5. The monoisotopic (exact) mass is 259 g/mol. The highest BCUT2D eigenvalue weighted by atomic mass is 16.3.